The number of aromatic nitrogens is 1. The fourth-order valence-electron chi connectivity index (χ4n) is 2.17. The smallest absolute Gasteiger partial charge is 0.0706 e. The molecule has 3 nitrogen and oxygen atoms in total. The summed E-state index contributed by atoms with van der Waals surface area (Å²) in [5, 5.41) is 1.16. The van der Waals surface area contributed by atoms with E-state index in [4.69, 9.17) is 10.8 Å². The molecule has 0 aliphatic heterocycles. The number of hydrogen-bond donors (Lipinski definition) is 2. The number of nitrogens with one attached hydrogen (secondary N) is 1. The van der Waals surface area contributed by atoms with E-state index in [1.807, 2.05) is 18.2 Å². The Hall–Kier alpha value is -1.45. The standard InChI is InChI=1S/C16H23N3/c1-16(2,3)11-10-15(19-17)14-9-8-12-6-4-5-7-13(12)18-14/h4-9,15,19H,10-11,17H2,1-3H3. The van der Waals surface area contributed by atoms with Crippen molar-refractivity contribution in [1.82, 2.24) is 10.4 Å². The van der Waals surface area contributed by atoms with Crippen molar-refractivity contribution in [2.24, 2.45) is 11.3 Å². The molecule has 19 heavy (non-hydrogen) atoms. The Morgan fingerprint density at radius 2 is 1.89 bits per heavy atom. The molecule has 3 heteroatoms. The topological polar surface area (TPSA) is 50.9 Å². The molecule has 1 heterocycles. The summed E-state index contributed by atoms with van der Waals surface area (Å²) in [7, 11) is 0. The highest BCUT2D eigenvalue weighted by Gasteiger charge is 2.17. The Labute approximate surface area is 115 Å². The second-order valence-electron chi connectivity index (χ2n) is 6.25. The maximum atomic E-state index is 5.69. The van der Waals surface area contributed by atoms with E-state index in [1.54, 1.807) is 0 Å². The van der Waals surface area contributed by atoms with Crippen molar-refractivity contribution in [2.45, 2.75) is 39.7 Å². The van der Waals surface area contributed by atoms with Crippen LogP contribution in [0.4, 0.5) is 0 Å². The van der Waals surface area contributed by atoms with Crippen LogP contribution in [-0.4, -0.2) is 4.98 Å². The highest BCUT2D eigenvalue weighted by Crippen LogP contribution is 2.27. The van der Waals surface area contributed by atoms with Gasteiger partial charge in [0, 0.05) is 5.39 Å². The molecule has 3 N–H and O–H groups in total. The zero-order chi connectivity index (χ0) is 13.9. The van der Waals surface area contributed by atoms with Crippen molar-refractivity contribution in [1.29, 1.82) is 0 Å². The van der Waals surface area contributed by atoms with Gasteiger partial charge >= 0.3 is 0 Å². The van der Waals surface area contributed by atoms with Crippen molar-refractivity contribution in [3.63, 3.8) is 0 Å². The number of nitrogens with two attached hydrogens (primary N) is 1. The number of rotatable bonds is 4. The van der Waals surface area contributed by atoms with Gasteiger partial charge in [-0.2, -0.15) is 0 Å². The molecule has 0 aliphatic rings. The summed E-state index contributed by atoms with van der Waals surface area (Å²) in [6.07, 6.45) is 2.10. The average molecular weight is 257 g/mol. The van der Waals surface area contributed by atoms with Crippen LogP contribution in [0.2, 0.25) is 0 Å². The van der Waals surface area contributed by atoms with E-state index in [-0.39, 0.29) is 6.04 Å². The number of nitrogens with zero attached hydrogens (tertiary/aromatic N) is 1. The molecule has 0 saturated heterocycles. The Bertz CT molecular complexity index is 543. The first-order chi connectivity index (χ1) is 8.99. The van der Waals surface area contributed by atoms with Crippen LogP contribution in [0, 0.1) is 5.41 Å². The normalized spacial score (nSPS) is 13.7. The van der Waals surface area contributed by atoms with E-state index < -0.39 is 0 Å². The number of hydrazine groups is 1. The largest absolute Gasteiger partial charge is 0.271 e. The molecule has 1 aromatic heterocycles. The van der Waals surface area contributed by atoms with Crippen molar-refractivity contribution >= 4 is 10.9 Å². The van der Waals surface area contributed by atoms with Crippen LogP contribution in [0.5, 0.6) is 0 Å². The SMILES string of the molecule is CC(C)(C)CCC(NN)c1ccc2ccccc2n1. The lowest BCUT2D eigenvalue weighted by atomic mass is 9.88. The van der Waals surface area contributed by atoms with Crippen LogP contribution in [0.15, 0.2) is 36.4 Å². The Morgan fingerprint density at radius 1 is 1.16 bits per heavy atom. The minimum Gasteiger partial charge on any atom is -0.271 e. The van der Waals surface area contributed by atoms with Crippen molar-refractivity contribution in [3.05, 3.63) is 42.1 Å². The molecule has 0 amide bonds. The van der Waals surface area contributed by atoms with Gasteiger partial charge in [0.15, 0.2) is 0 Å². The molecule has 0 aliphatic carbocycles. The van der Waals surface area contributed by atoms with Crippen LogP contribution < -0.4 is 11.3 Å². The van der Waals surface area contributed by atoms with Crippen molar-refractivity contribution < 1.29 is 0 Å². The van der Waals surface area contributed by atoms with Crippen LogP contribution in [0.1, 0.15) is 45.3 Å². The van der Waals surface area contributed by atoms with Gasteiger partial charge in [0.05, 0.1) is 17.3 Å². The maximum absolute atomic E-state index is 5.69. The van der Waals surface area contributed by atoms with Gasteiger partial charge < -0.3 is 0 Å². The van der Waals surface area contributed by atoms with Crippen LogP contribution in [0.3, 0.4) is 0 Å². The minimum atomic E-state index is 0.115. The van der Waals surface area contributed by atoms with Crippen molar-refractivity contribution in [2.75, 3.05) is 0 Å². The van der Waals surface area contributed by atoms with Crippen LogP contribution in [0.25, 0.3) is 10.9 Å². The summed E-state index contributed by atoms with van der Waals surface area (Å²) in [5.41, 5.74) is 5.25. The molecule has 1 aromatic carbocycles. The molecule has 1 atom stereocenters. The quantitative estimate of drug-likeness (QED) is 0.650. The van der Waals surface area contributed by atoms with E-state index in [2.05, 4.69) is 44.4 Å². The molecule has 2 aromatic rings. The predicted octanol–water partition coefficient (Wildman–Crippen LogP) is 3.57. The van der Waals surface area contributed by atoms with Gasteiger partial charge in [-0.05, 0) is 30.4 Å². The Kier molecular flexibility index (Phi) is 4.17. The summed E-state index contributed by atoms with van der Waals surface area (Å²) < 4.78 is 0. The minimum absolute atomic E-state index is 0.115. The van der Waals surface area contributed by atoms with Gasteiger partial charge in [-0.1, -0.05) is 45.0 Å². The first-order valence-corrected chi connectivity index (χ1v) is 6.81. The molecule has 0 radical (unpaired) electrons. The van der Waals surface area contributed by atoms with Gasteiger partial charge in [-0.25, -0.2) is 0 Å². The second kappa shape index (κ2) is 5.68. The lowest BCUT2D eigenvalue weighted by Gasteiger charge is -2.22. The van der Waals surface area contributed by atoms with E-state index in [0.717, 1.165) is 29.4 Å². The van der Waals surface area contributed by atoms with E-state index in [9.17, 15) is 0 Å². The van der Waals surface area contributed by atoms with Gasteiger partial charge in [0.25, 0.3) is 0 Å². The Balaban J connectivity index is 2.20. The molecule has 1 unspecified atom stereocenters. The zero-order valence-corrected chi connectivity index (χ0v) is 12.0. The monoisotopic (exact) mass is 257 g/mol. The third kappa shape index (κ3) is 3.75. The lowest BCUT2D eigenvalue weighted by molar-refractivity contribution is 0.331. The van der Waals surface area contributed by atoms with Crippen LogP contribution in [-0.2, 0) is 0 Å². The van der Waals surface area contributed by atoms with Gasteiger partial charge in [0.2, 0.25) is 0 Å². The number of benzene rings is 1. The van der Waals surface area contributed by atoms with Crippen molar-refractivity contribution in [3.8, 4) is 0 Å². The molecular weight excluding hydrogens is 234 g/mol. The fourth-order valence-corrected chi connectivity index (χ4v) is 2.17. The average Bonchev–Trinajstić information content (AvgIpc) is 2.38. The number of fused-ring (bicyclic) bond motifs is 1. The maximum Gasteiger partial charge on any atom is 0.0706 e. The predicted molar refractivity (Wildman–Crippen MR) is 80.5 cm³/mol. The number of pyridine rings is 1. The lowest BCUT2D eigenvalue weighted by Crippen LogP contribution is -2.29. The molecule has 2 rings (SSSR count). The van der Waals surface area contributed by atoms with E-state index in [1.165, 1.54) is 0 Å². The second-order valence-corrected chi connectivity index (χ2v) is 6.25. The van der Waals surface area contributed by atoms with E-state index >= 15 is 0 Å². The molecule has 0 saturated carbocycles. The van der Waals surface area contributed by atoms with E-state index in [0.29, 0.717) is 5.41 Å². The van der Waals surface area contributed by atoms with Gasteiger partial charge in [-0.3, -0.25) is 16.3 Å². The first kappa shape index (κ1) is 14.0. The molecule has 0 bridgehead atoms. The highest BCUT2D eigenvalue weighted by atomic mass is 15.2. The van der Waals surface area contributed by atoms with Gasteiger partial charge in [-0.15, -0.1) is 0 Å². The molecular formula is C16H23N3. The Morgan fingerprint density at radius 3 is 2.58 bits per heavy atom. The van der Waals surface area contributed by atoms with Gasteiger partial charge in [0.1, 0.15) is 0 Å². The number of hydrogen-bond acceptors (Lipinski definition) is 3. The number of para-hydroxylation sites is 1. The third-order valence-electron chi connectivity index (χ3n) is 3.36. The summed E-state index contributed by atoms with van der Waals surface area (Å²) in [5.74, 6) is 5.69. The molecule has 102 valence electrons. The molecule has 0 spiro atoms. The highest BCUT2D eigenvalue weighted by molar-refractivity contribution is 5.78. The zero-order valence-electron chi connectivity index (χ0n) is 12.0. The fraction of sp³-hybridized carbons (Fsp3) is 0.438. The summed E-state index contributed by atoms with van der Waals surface area (Å²) in [6, 6.07) is 12.4. The summed E-state index contributed by atoms with van der Waals surface area (Å²) in [6.45, 7) is 6.73. The molecule has 0 fully saturated rings. The first-order valence-electron chi connectivity index (χ1n) is 6.81. The third-order valence-corrected chi connectivity index (χ3v) is 3.36. The van der Waals surface area contributed by atoms with Crippen LogP contribution >= 0.6 is 0 Å². The summed E-state index contributed by atoms with van der Waals surface area (Å²) >= 11 is 0. The summed E-state index contributed by atoms with van der Waals surface area (Å²) in [4.78, 5) is 4.70.